The number of carbonyl (C=O) groups excluding carboxylic acids is 1. The fourth-order valence-electron chi connectivity index (χ4n) is 2.71. The molecule has 0 unspecified atom stereocenters. The molecule has 1 aromatic carbocycles. The van der Waals surface area contributed by atoms with E-state index in [1.807, 2.05) is 0 Å². The summed E-state index contributed by atoms with van der Waals surface area (Å²) in [5, 5.41) is 0. The van der Waals surface area contributed by atoms with Crippen LogP contribution in [0.3, 0.4) is 0 Å². The molecule has 1 saturated heterocycles. The lowest BCUT2D eigenvalue weighted by Gasteiger charge is -2.37. The Hall–Kier alpha value is -2.64. The first-order chi connectivity index (χ1) is 12.0. The second-order valence-corrected chi connectivity index (χ2v) is 6.30. The summed E-state index contributed by atoms with van der Waals surface area (Å²) in [6, 6.07) is 5.37. The zero-order valence-corrected chi connectivity index (χ0v) is 13.7. The van der Waals surface area contributed by atoms with Gasteiger partial charge in [-0.05, 0) is 41.8 Å². The van der Waals surface area contributed by atoms with E-state index in [9.17, 15) is 26.7 Å². The Balaban J connectivity index is 1.75. The fraction of sp³-hybridized carbons (Fsp3) is 0.278. The molecule has 3 rings (SSSR count). The van der Waals surface area contributed by atoms with Crippen molar-refractivity contribution in [2.75, 3.05) is 13.1 Å². The third kappa shape index (κ3) is 3.95. The van der Waals surface area contributed by atoms with Crippen LogP contribution in [0.25, 0.3) is 17.3 Å². The summed E-state index contributed by atoms with van der Waals surface area (Å²) in [7, 11) is 0. The van der Waals surface area contributed by atoms with Crippen LogP contribution in [-0.4, -0.2) is 34.4 Å². The molecule has 26 heavy (non-hydrogen) atoms. The molecule has 0 atom stereocenters. The van der Waals surface area contributed by atoms with Gasteiger partial charge < -0.3 is 9.47 Å². The molecule has 2 aromatic rings. The summed E-state index contributed by atoms with van der Waals surface area (Å²) in [6.07, 6.45) is 1.22. The number of hydrogen-bond donors (Lipinski definition) is 0. The average Bonchev–Trinajstić information content (AvgIpc) is 2.97. The van der Waals surface area contributed by atoms with Gasteiger partial charge in [0.1, 0.15) is 0 Å². The Kier molecular flexibility index (Phi) is 4.37. The SMILES string of the molecule is Cc1cc(-c2ccn(/C=C\C(=O)N3CC(F)(F)C3)c2)cc(C(F)(F)F)c1. The number of nitrogens with zero attached hydrogens (tertiary/aromatic N) is 2. The molecule has 0 spiro atoms. The Morgan fingerprint density at radius 3 is 2.46 bits per heavy atom. The van der Waals surface area contributed by atoms with Crippen molar-refractivity contribution in [1.29, 1.82) is 0 Å². The summed E-state index contributed by atoms with van der Waals surface area (Å²) in [4.78, 5) is 12.7. The lowest BCUT2D eigenvalue weighted by atomic mass is 10.0. The predicted molar refractivity (Wildman–Crippen MR) is 86.5 cm³/mol. The van der Waals surface area contributed by atoms with E-state index in [0.717, 1.165) is 23.1 Å². The van der Waals surface area contributed by atoms with Gasteiger partial charge in [0, 0.05) is 24.7 Å². The number of alkyl halides is 5. The number of aryl methyl sites for hydroxylation is 1. The first-order valence-electron chi connectivity index (χ1n) is 7.75. The first kappa shape index (κ1) is 18.2. The molecule has 0 bridgehead atoms. The first-order valence-corrected chi connectivity index (χ1v) is 7.75. The minimum Gasteiger partial charge on any atom is -0.330 e. The highest BCUT2D eigenvalue weighted by Crippen LogP contribution is 2.33. The number of carbonyl (C=O) groups is 1. The Morgan fingerprint density at radius 2 is 1.85 bits per heavy atom. The maximum atomic E-state index is 12.9. The van der Waals surface area contributed by atoms with E-state index in [1.165, 1.54) is 10.8 Å². The number of rotatable bonds is 3. The van der Waals surface area contributed by atoms with Gasteiger partial charge in [-0.1, -0.05) is 6.07 Å². The van der Waals surface area contributed by atoms with Crippen molar-refractivity contribution in [1.82, 2.24) is 9.47 Å². The van der Waals surface area contributed by atoms with E-state index >= 15 is 0 Å². The van der Waals surface area contributed by atoms with Crippen LogP contribution in [0.15, 0.2) is 42.7 Å². The molecule has 3 nitrogen and oxygen atoms in total. The van der Waals surface area contributed by atoms with E-state index < -0.39 is 36.7 Å². The average molecular weight is 370 g/mol. The molecule has 138 valence electrons. The monoisotopic (exact) mass is 370 g/mol. The smallest absolute Gasteiger partial charge is 0.330 e. The molecular weight excluding hydrogens is 355 g/mol. The number of likely N-dealkylation sites (tertiary alicyclic amines) is 1. The molecule has 1 aliphatic rings. The molecule has 0 saturated carbocycles. The zero-order chi connectivity index (χ0) is 19.1. The summed E-state index contributed by atoms with van der Waals surface area (Å²) in [5.41, 5.74) is 0.696. The highest BCUT2D eigenvalue weighted by molar-refractivity contribution is 5.91. The molecule has 0 aliphatic carbocycles. The van der Waals surface area contributed by atoms with Crippen molar-refractivity contribution in [3.05, 3.63) is 53.9 Å². The summed E-state index contributed by atoms with van der Waals surface area (Å²) in [6.45, 7) is 0.379. The highest BCUT2D eigenvalue weighted by Gasteiger charge is 2.45. The molecule has 8 heteroatoms. The van der Waals surface area contributed by atoms with E-state index in [1.54, 1.807) is 31.5 Å². The molecule has 1 amide bonds. The molecule has 0 radical (unpaired) electrons. The predicted octanol–water partition coefficient (Wildman–Crippen LogP) is 4.43. The van der Waals surface area contributed by atoms with E-state index in [2.05, 4.69) is 0 Å². The Bertz CT molecular complexity index is 859. The molecule has 2 heterocycles. The Labute approximate surface area is 146 Å². The van der Waals surface area contributed by atoms with Gasteiger partial charge in [-0.15, -0.1) is 0 Å². The van der Waals surface area contributed by atoms with Crippen molar-refractivity contribution < 1.29 is 26.7 Å². The van der Waals surface area contributed by atoms with Gasteiger partial charge in [0.25, 0.3) is 5.92 Å². The number of hydrogen-bond acceptors (Lipinski definition) is 1. The fourth-order valence-corrected chi connectivity index (χ4v) is 2.71. The van der Waals surface area contributed by atoms with Gasteiger partial charge in [0.15, 0.2) is 0 Å². The zero-order valence-electron chi connectivity index (χ0n) is 13.7. The van der Waals surface area contributed by atoms with Gasteiger partial charge in [-0.3, -0.25) is 4.79 Å². The minimum absolute atomic E-state index is 0.401. The van der Waals surface area contributed by atoms with Crippen LogP contribution < -0.4 is 0 Å². The summed E-state index contributed by atoms with van der Waals surface area (Å²) < 4.78 is 65.8. The largest absolute Gasteiger partial charge is 0.416 e. The topological polar surface area (TPSA) is 25.2 Å². The van der Waals surface area contributed by atoms with Crippen LogP contribution >= 0.6 is 0 Å². The van der Waals surface area contributed by atoms with E-state index in [4.69, 9.17) is 0 Å². The third-order valence-corrected chi connectivity index (χ3v) is 4.00. The second-order valence-electron chi connectivity index (χ2n) is 6.30. The van der Waals surface area contributed by atoms with Crippen molar-refractivity contribution >= 4 is 12.1 Å². The quantitative estimate of drug-likeness (QED) is 0.580. The van der Waals surface area contributed by atoms with E-state index in [-0.39, 0.29) is 0 Å². The molecule has 1 fully saturated rings. The number of aromatic nitrogens is 1. The molecule has 1 aliphatic heterocycles. The Morgan fingerprint density at radius 1 is 1.15 bits per heavy atom. The van der Waals surface area contributed by atoms with Crippen molar-refractivity contribution in [3.8, 4) is 11.1 Å². The summed E-state index contributed by atoms with van der Waals surface area (Å²) >= 11 is 0. The number of benzene rings is 1. The van der Waals surface area contributed by atoms with Crippen LogP contribution in [0.5, 0.6) is 0 Å². The van der Waals surface area contributed by atoms with E-state index in [0.29, 0.717) is 16.7 Å². The minimum atomic E-state index is -4.44. The van der Waals surface area contributed by atoms with Gasteiger partial charge in [0.2, 0.25) is 5.91 Å². The van der Waals surface area contributed by atoms with Crippen LogP contribution in [-0.2, 0) is 11.0 Å². The lowest BCUT2D eigenvalue weighted by Crippen LogP contribution is -2.58. The number of amides is 1. The van der Waals surface area contributed by atoms with Crippen molar-refractivity contribution in [2.24, 2.45) is 0 Å². The normalized spacial score (nSPS) is 16.8. The standard InChI is InChI=1S/C18H15F5N2O/c1-12-6-14(8-15(7-12)18(21,22)23)13-2-4-24(9-13)5-3-16(26)25-10-17(19,20)11-25/h2-9H,10-11H2,1H3/b5-3-. The summed E-state index contributed by atoms with van der Waals surface area (Å²) in [5.74, 6) is -3.37. The van der Waals surface area contributed by atoms with Gasteiger partial charge in [0.05, 0.1) is 18.7 Å². The highest BCUT2D eigenvalue weighted by atomic mass is 19.4. The van der Waals surface area contributed by atoms with Gasteiger partial charge in [-0.2, -0.15) is 13.2 Å². The second kappa shape index (κ2) is 6.26. The molecule has 1 aromatic heterocycles. The maximum Gasteiger partial charge on any atom is 0.416 e. The number of halogens is 5. The van der Waals surface area contributed by atoms with Crippen LogP contribution in [0.4, 0.5) is 22.0 Å². The van der Waals surface area contributed by atoms with Crippen molar-refractivity contribution in [3.63, 3.8) is 0 Å². The molecular formula is C18H15F5N2O. The third-order valence-electron chi connectivity index (χ3n) is 4.00. The molecule has 0 N–H and O–H groups in total. The van der Waals surface area contributed by atoms with Gasteiger partial charge >= 0.3 is 6.18 Å². The van der Waals surface area contributed by atoms with Crippen LogP contribution in [0.2, 0.25) is 0 Å². The van der Waals surface area contributed by atoms with Gasteiger partial charge in [-0.25, -0.2) is 8.78 Å². The van der Waals surface area contributed by atoms with Crippen LogP contribution in [0.1, 0.15) is 11.1 Å². The van der Waals surface area contributed by atoms with Crippen molar-refractivity contribution in [2.45, 2.75) is 19.0 Å². The maximum absolute atomic E-state index is 12.9. The lowest BCUT2D eigenvalue weighted by molar-refractivity contribution is -0.160. The van der Waals surface area contributed by atoms with Crippen LogP contribution in [0, 0.1) is 6.92 Å².